The van der Waals surface area contributed by atoms with Crippen LogP contribution in [-0.4, -0.2) is 14.5 Å². The van der Waals surface area contributed by atoms with E-state index in [0.29, 0.717) is 6.04 Å². The van der Waals surface area contributed by atoms with E-state index in [2.05, 4.69) is 33.0 Å². The van der Waals surface area contributed by atoms with Crippen molar-refractivity contribution >= 4 is 5.95 Å². The van der Waals surface area contributed by atoms with Crippen LogP contribution in [0.5, 0.6) is 0 Å². The lowest BCUT2D eigenvalue weighted by Gasteiger charge is -2.19. The predicted octanol–water partition coefficient (Wildman–Crippen LogP) is 3.57. The van der Waals surface area contributed by atoms with E-state index in [1.807, 2.05) is 30.6 Å². The zero-order chi connectivity index (χ0) is 13.1. The first-order valence-electron chi connectivity index (χ1n) is 7.05. The molecule has 0 amide bonds. The van der Waals surface area contributed by atoms with Gasteiger partial charge in [-0.15, -0.1) is 0 Å². The number of nitrogens with one attached hydrogen (secondary N) is 1. The number of hydrogen-bond donors (Lipinski definition) is 1. The number of aromatic nitrogens is 3. The molecule has 2 aromatic heterocycles. The second kappa shape index (κ2) is 5.43. The molecule has 0 spiro atoms. The van der Waals surface area contributed by atoms with E-state index < -0.39 is 0 Å². The van der Waals surface area contributed by atoms with E-state index in [9.17, 15) is 0 Å². The van der Waals surface area contributed by atoms with Gasteiger partial charge in [0.25, 0.3) is 0 Å². The number of hydrogen-bond acceptors (Lipinski definition) is 3. The van der Waals surface area contributed by atoms with Gasteiger partial charge in [0.1, 0.15) is 0 Å². The highest BCUT2D eigenvalue weighted by molar-refractivity contribution is 5.31. The molecule has 0 aromatic carbocycles. The fraction of sp³-hybridized carbons (Fsp3) is 0.467. The van der Waals surface area contributed by atoms with Crippen LogP contribution >= 0.6 is 0 Å². The number of imidazole rings is 1. The lowest BCUT2D eigenvalue weighted by Crippen LogP contribution is -2.14. The molecule has 3 rings (SSSR count). The Bertz CT molecular complexity index is 514. The maximum Gasteiger partial charge on any atom is 0.203 e. The average Bonchev–Trinajstić information content (AvgIpc) is 3.10. The minimum absolute atomic E-state index is 0.170. The third-order valence-corrected chi connectivity index (χ3v) is 3.86. The van der Waals surface area contributed by atoms with Crippen LogP contribution in [0.1, 0.15) is 50.4 Å². The number of pyridine rings is 1. The molecule has 0 aliphatic heterocycles. The SMILES string of the molecule is CC(Nc1nccn1C1CCCC1)c1ccccn1. The van der Waals surface area contributed by atoms with Gasteiger partial charge >= 0.3 is 0 Å². The molecule has 4 heteroatoms. The molecule has 19 heavy (non-hydrogen) atoms. The molecule has 0 radical (unpaired) electrons. The van der Waals surface area contributed by atoms with Crippen LogP contribution < -0.4 is 5.32 Å². The van der Waals surface area contributed by atoms with E-state index in [1.54, 1.807) is 0 Å². The highest BCUT2D eigenvalue weighted by Crippen LogP contribution is 2.32. The van der Waals surface area contributed by atoms with Gasteiger partial charge in [0.2, 0.25) is 5.95 Å². The van der Waals surface area contributed by atoms with Crippen molar-refractivity contribution in [1.82, 2.24) is 14.5 Å². The van der Waals surface area contributed by atoms with Crippen molar-refractivity contribution < 1.29 is 0 Å². The Hall–Kier alpha value is -1.84. The van der Waals surface area contributed by atoms with Crippen LogP contribution in [0.4, 0.5) is 5.95 Å². The van der Waals surface area contributed by atoms with E-state index in [-0.39, 0.29) is 6.04 Å². The summed E-state index contributed by atoms with van der Waals surface area (Å²) in [7, 11) is 0. The van der Waals surface area contributed by atoms with Gasteiger partial charge < -0.3 is 9.88 Å². The van der Waals surface area contributed by atoms with Crippen molar-refractivity contribution in [1.29, 1.82) is 0 Å². The summed E-state index contributed by atoms with van der Waals surface area (Å²) in [4.78, 5) is 8.84. The Labute approximate surface area is 113 Å². The van der Waals surface area contributed by atoms with Crippen molar-refractivity contribution in [2.45, 2.75) is 44.7 Å². The van der Waals surface area contributed by atoms with Crippen LogP contribution in [0.25, 0.3) is 0 Å². The molecular weight excluding hydrogens is 236 g/mol. The Morgan fingerprint density at radius 1 is 1.21 bits per heavy atom. The number of rotatable bonds is 4. The second-order valence-corrected chi connectivity index (χ2v) is 5.22. The molecule has 4 nitrogen and oxygen atoms in total. The van der Waals surface area contributed by atoms with Crippen LogP contribution in [0.3, 0.4) is 0 Å². The molecule has 1 saturated carbocycles. The van der Waals surface area contributed by atoms with E-state index >= 15 is 0 Å². The quantitative estimate of drug-likeness (QED) is 0.909. The summed E-state index contributed by atoms with van der Waals surface area (Å²) < 4.78 is 2.28. The summed E-state index contributed by atoms with van der Waals surface area (Å²) in [6.45, 7) is 2.12. The van der Waals surface area contributed by atoms with Gasteiger partial charge in [-0.25, -0.2) is 4.98 Å². The summed E-state index contributed by atoms with van der Waals surface area (Å²) in [6, 6.07) is 6.78. The largest absolute Gasteiger partial charge is 0.348 e. The molecule has 1 atom stereocenters. The monoisotopic (exact) mass is 256 g/mol. The summed E-state index contributed by atoms with van der Waals surface area (Å²) in [5.74, 6) is 0.963. The minimum Gasteiger partial charge on any atom is -0.348 e. The molecule has 1 N–H and O–H groups in total. The maximum atomic E-state index is 4.45. The molecule has 0 saturated heterocycles. The molecule has 1 aliphatic rings. The molecule has 2 heterocycles. The van der Waals surface area contributed by atoms with E-state index in [4.69, 9.17) is 0 Å². The van der Waals surface area contributed by atoms with Crippen LogP contribution in [0.15, 0.2) is 36.8 Å². The molecule has 1 unspecified atom stereocenters. The minimum atomic E-state index is 0.170. The third-order valence-electron chi connectivity index (χ3n) is 3.86. The molecular formula is C15H20N4. The fourth-order valence-electron chi connectivity index (χ4n) is 2.80. The zero-order valence-corrected chi connectivity index (χ0v) is 11.3. The Morgan fingerprint density at radius 3 is 2.79 bits per heavy atom. The van der Waals surface area contributed by atoms with Gasteiger partial charge in [-0.05, 0) is 31.9 Å². The topological polar surface area (TPSA) is 42.7 Å². The number of nitrogens with zero attached hydrogens (tertiary/aromatic N) is 3. The highest BCUT2D eigenvalue weighted by atomic mass is 15.2. The average molecular weight is 256 g/mol. The van der Waals surface area contributed by atoms with Crippen LogP contribution in [-0.2, 0) is 0 Å². The first-order chi connectivity index (χ1) is 9.34. The maximum absolute atomic E-state index is 4.45. The standard InChI is InChI=1S/C15H20N4/c1-12(14-8-4-5-9-16-14)18-15-17-10-11-19(15)13-6-2-3-7-13/h4-5,8-13H,2-3,6-7H2,1H3,(H,17,18). The van der Waals surface area contributed by atoms with Gasteiger partial charge in [-0.1, -0.05) is 18.9 Å². The number of anilines is 1. The van der Waals surface area contributed by atoms with Gasteiger partial charge in [-0.3, -0.25) is 4.98 Å². The third kappa shape index (κ3) is 2.62. The van der Waals surface area contributed by atoms with Crippen LogP contribution in [0.2, 0.25) is 0 Å². The molecule has 2 aromatic rings. The smallest absolute Gasteiger partial charge is 0.203 e. The normalized spacial score (nSPS) is 17.5. The zero-order valence-electron chi connectivity index (χ0n) is 11.3. The van der Waals surface area contributed by atoms with Gasteiger partial charge in [0.05, 0.1) is 11.7 Å². The van der Waals surface area contributed by atoms with Crippen molar-refractivity contribution in [2.24, 2.45) is 0 Å². The molecule has 1 aliphatic carbocycles. The van der Waals surface area contributed by atoms with Crippen molar-refractivity contribution in [3.05, 3.63) is 42.5 Å². The van der Waals surface area contributed by atoms with Crippen molar-refractivity contribution in [3.63, 3.8) is 0 Å². The second-order valence-electron chi connectivity index (χ2n) is 5.22. The van der Waals surface area contributed by atoms with Gasteiger partial charge in [0.15, 0.2) is 0 Å². The lowest BCUT2D eigenvalue weighted by molar-refractivity contribution is 0.520. The summed E-state index contributed by atoms with van der Waals surface area (Å²) in [6.07, 6.45) is 11.0. The van der Waals surface area contributed by atoms with Crippen molar-refractivity contribution in [2.75, 3.05) is 5.32 Å². The summed E-state index contributed by atoms with van der Waals surface area (Å²) in [5.41, 5.74) is 1.04. The Kier molecular flexibility index (Phi) is 3.49. The molecule has 0 bridgehead atoms. The molecule has 1 fully saturated rings. The predicted molar refractivity (Wildman–Crippen MR) is 76.0 cm³/mol. The van der Waals surface area contributed by atoms with Gasteiger partial charge in [-0.2, -0.15) is 0 Å². The van der Waals surface area contributed by atoms with Gasteiger partial charge in [0, 0.05) is 24.6 Å². The first kappa shape index (κ1) is 12.2. The lowest BCUT2D eigenvalue weighted by atomic mass is 10.2. The fourth-order valence-corrected chi connectivity index (χ4v) is 2.80. The summed E-state index contributed by atoms with van der Waals surface area (Å²) >= 11 is 0. The van der Waals surface area contributed by atoms with Crippen molar-refractivity contribution in [3.8, 4) is 0 Å². The van der Waals surface area contributed by atoms with E-state index in [1.165, 1.54) is 25.7 Å². The Morgan fingerprint density at radius 2 is 2.05 bits per heavy atom. The first-order valence-corrected chi connectivity index (χ1v) is 7.05. The van der Waals surface area contributed by atoms with Crippen LogP contribution in [0, 0.1) is 0 Å². The highest BCUT2D eigenvalue weighted by Gasteiger charge is 2.20. The summed E-state index contributed by atoms with van der Waals surface area (Å²) in [5, 5.41) is 3.47. The molecule has 100 valence electrons. The van der Waals surface area contributed by atoms with E-state index in [0.717, 1.165) is 11.6 Å². The Balaban J connectivity index is 1.75.